The number of ether oxygens (including phenoxy) is 1. The van der Waals surface area contributed by atoms with Gasteiger partial charge in [0.05, 0.1) is 5.69 Å². The molecular formula is C18H27N3O2. The summed E-state index contributed by atoms with van der Waals surface area (Å²) < 4.78 is 5.66. The Kier molecular flexibility index (Phi) is 6.47. The number of anilines is 1. The molecule has 126 valence electrons. The average molecular weight is 317 g/mol. The van der Waals surface area contributed by atoms with Gasteiger partial charge in [-0.2, -0.15) is 0 Å². The van der Waals surface area contributed by atoms with Crippen molar-refractivity contribution < 1.29 is 9.53 Å². The van der Waals surface area contributed by atoms with Gasteiger partial charge >= 0.3 is 6.03 Å². The zero-order chi connectivity index (χ0) is 16.7. The summed E-state index contributed by atoms with van der Waals surface area (Å²) in [7, 11) is 0. The SMILES string of the molecule is C=C(C)COc1ccccc1NC(=O)NCC1CCCN1CC. The predicted octanol–water partition coefficient (Wildman–Crippen LogP) is 3.25. The number of likely N-dealkylation sites (tertiary alicyclic amines) is 1. The van der Waals surface area contributed by atoms with Crippen LogP contribution < -0.4 is 15.4 Å². The Balaban J connectivity index is 1.86. The lowest BCUT2D eigenvalue weighted by molar-refractivity contribution is 0.238. The maximum Gasteiger partial charge on any atom is 0.319 e. The number of likely N-dealkylation sites (N-methyl/N-ethyl adjacent to an activating group) is 1. The lowest BCUT2D eigenvalue weighted by atomic mass is 10.2. The van der Waals surface area contributed by atoms with Crippen molar-refractivity contribution in [2.45, 2.75) is 32.7 Å². The normalized spacial score (nSPS) is 17.7. The number of urea groups is 1. The van der Waals surface area contributed by atoms with Gasteiger partial charge in [0.2, 0.25) is 0 Å². The summed E-state index contributed by atoms with van der Waals surface area (Å²) in [6.07, 6.45) is 2.35. The van der Waals surface area contributed by atoms with E-state index in [0.29, 0.717) is 30.6 Å². The van der Waals surface area contributed by atoms with E-state index in [2.05, 4.69) is 29.0 Å². The second kappa shape index (κ2) is 8.58. The van der Waals surface area contributed by atoms with Crippen LogP contribution in [0, 0.1) is 0 Å². The van der Waals surface area contributed by atoms with Crippen LogP contribution in [0.4, 0.5) is 10.5 Å². The van der Waals surface area contributed by atoms with Crippen LogP contribution in [0.15, 0.2) is 36.4 Å². The van der Waals surface area contributed by atoms with Crippen LogP contribution in [0.2, 0.25) is 0 Å². The Morgan fingerprint density at radius 3 is 2.96 bits per heavy atom. The van der Waals surface area contributed by atoms with Gasteiger partial charge in [-0.1, -0.05) is 25.6 Å². The largest absolute Gasteiger partial charge is 0.487 e. The number of amides is 2. The third kappa shape index (κ3) is 5.28. The van der Waals surface area contributed by atoms with Crippen LogP contribution in [0.1, 0.15) is 26.7 Å². The maximum atomic E-state index is 12.1. The van der Waals surface area contributed by atoms with E-state index in [4.69, 9.17) is 4.74 Å². The fraction of sp³-hybridized carbons (Fsp3) is 0.500. The molecule has 2 amide bonds. The molecule has 1 saturated heterocycles. The van der Waals surface area contributed by atoms with E-state index in [9.17, 15) is 4.79 Å². The van der Waals surface area contributed by atoms with Gasteiger partial charge in [0.15, 0.2) is 0 Å². The van der Waals surface area contributed by atoms with Gasteiger partial charge in [0.1, 0.15) is 12.4 Å². The number of rotatable bonds is 7. The van der Waals surface area contributed by atoms with Crippen molar-refractivity contribution >= 4 is 11.7 Å². The highest BCUT2D eigenvalue weighted by atomic mass is 16.5. The van der Waals surface area contributed by atoms with Gasteiger partial charge in [-0.25, -0.2) is 4.79 Å². The van der Waals surface area contributed by atoms with Gasteiger partial charge in [-0.05, 0) is 50.6 Å². The number of hydrogen-bond acceptors (Lipinski definition) is 3. The number of nitrogens with one attached hydrogen (secondary N) is 2. The highest BCUT2D eigenvalue weighted by Crippen LogP contribution is 2.24. The minimum absolute atomic E-state index is 0.195. The number of para-hydroxylation sites is 2. The molecule has 1 fully saturated rings. The number of hydrogen-bond donors (Lipinski definition) is 2. The highest BCUT2D eigenvalue weighted by molar-refractivity contribution is 5.90. The topological polar surface area (TPSA) is 53.6 Å². The minimum atomic E-state index is -0.195. The van der Waals surface area contributed by atoms with E-state index >= 15 is 0 Å². The standard InChI is InChI=1S/C18H27N3O2/c1-4-21-11-7-8-15(21)12-19-18(22)20-16-9-5-6-10-17(16)23-13-14(2)3/h5-6,9-10,15H,2,4,7-8,11-13H2,1,3H3,(H2,19,20,22). The van der Waals surface area contributed by atoms with Crippen LogP contribution in [-0.2, 0) is 0 Å². The molecule has 0 radical (unpaired) electrons. The molecular weight excluding hydrogens is 290 g/mol. The molecule has 0 spiro atoms. The number of nitrogens with zero attached hydrogens (tertiary/aromatic N) is 1. The number of carbonyl (C=O) groups excluding carboxylic acids is 1. The fourth-order valence-electron chi connectivity index (χ4n) is 2.82. The zero-order valence-corrected chi connectivity index (χ0v) is 14.1. The van der Waals surface area contributed by atoms with Crippen LogP contribution in [-0.4, -0.2) is 43.2 Å². The predicted molar refractivity (Wildman–Crippen MR) is 94.0 cm³/mol. The van der Waals surface area contributed by atoms with E-state index in [-0.39, 0.29) is 6.03 Å². The van der Waals surface area contributed by atoms with E-state index in [1.165, 1.54) is 6.42 Å². The van der Waals surface area contributed by atoms with E-state index < -0.39 is 0 Å². The molecule has 1 aromatic carbocycles. The first-order valence-corrected chi connectivity index (χ1v) is 8.25. The molecule has 0 bridgehead atoms. The quantitative estimate of drug-likeness (QED) is 0.759. The van der Waals surface area contributed by atoms with Gasteiger partial charge < -0.3 is 15.4 Å². The lowest BCUT2D eigenvalue weighted by Crippen LogP contribution is -2.41. The second-order valence-corrected chi connectivity index (χ2v) is 6.00. The summed E-state index contributed by atoms with van der Waals surface area (Å²) in [5, 5.41) is 5.83. The molecule has 1 aliphatic rings. The lowest BCUT2D eigenvalue weighted by Gasteiger charge is -2.23. The Morgan fingerprint density at radius 1 is 1.43 bits per heavy atom. The number of carbonyl (C=O) groups is 1. The van der Waals surface area contributed by atoms with Gasteiger partial charge in [-0.15, -0.1) is 0 Å². The van der Waals surface area contributed by atoms with E-state index in [1.54, 1.807) is 0 Å². The fourth-order valence-corrected chi connectivity index (χ4v) is 2.82. The average Bonchev–Trinajstić information content (AvgIpc) is 2.99. The Labute approximate surface area is 138 Å². The molecule has 0 saturated carbocycles. The summed E-state index contributed by atoms with van der Waals surface area (Å²) in [5.41, 5.74) is 1.61. The third-order valence-electron chi connectivity index (χ3n) is 4.01. The summed E-state index contributed by atoms with van der Waals surface area (Å²) in [5.74, 6) is 0.654. The van der Waals surface area contributed by atoms with Crippen molar-refractivity contribution in [2.75, 3.05) is 31.6 Å². The van der Waals surface area contributed by atoms with Crippen molar-refractivity contribution in [2.24, 2.45) is 0 Å². The molecule has 1 atom stereocenters. The van der Waals surface area contributed by atoms with E-state index in [1.807, 2.05) is 31.2 Å². The molecule has 1 heterocycles. The molecule has 23 heavy (non-hydrogen) atoms. The first kappa shape index (κ1) is 17.3. The Morgan fingerprint density at radius 2 is 2.22 bits per heavy atom. The molecule has 1 aliphatic heterocycles. The van der Waals surface area contributed by atoms with Crippen molar-refractivity contribution in [3.63, 3.8) is 0 Å². The smallest absolute Gasteiger partial charge is 0.319 e. The maximum absolute atomic E-state index is 12.1. The van der Waals surface area contributed by atoms with Crippen LogP contribution in [0.5, 0.6) is 5.75 Å². The molecule has 0 aromatic heterocycles. The van der Waals surface area contributed by atoms with E-state index in [0.717, 1.165) is 25.1 Å². The Bertz CT molecular complexity index is 545. The molecule has 5 heteroatoms. The first-order chi connectivity index (χ1) is 11.1. The highest BCUT2D eigenvalue weighted by Gasteiger charge is 2.23. The second-order valence-electron chi connectivity index (χ2n) is 6.00. The Hall–Kier alpha value is -2.01. The molecule has 0 aliphatic carbocycles. The molecule has 1 unspecified atom stereocenters. The summed E-state index contributed by atoms with van der Waals surface area (Å²) >= 11 is 0. The van der Waals surface area contributed by atoms with Crippen LogP contribution in [0.3, 0.4) is 0 Å². The van der Waals surface area contributed by atoms with Crippen molar-refractivity contribution in [1.82, 2.24) is 10.2 Å². The molecule has 5 nitrogen and oxygen atoms in total. The van der Waals surface area contributed by atoms with Crippen molar-refractivity contribution in [3.8, 4) is 5.75 Å². The monoisotopic (exact) mass is 317 g/mol. The number of benzene rings is 1. The summed E-state index contributed by atoms with van der Waals surface area (Å²) in [4.78, 5) is 14.5. The van der Waals surface area contributed by atoms with Crippen molar-refractivity contribution in [1.29, 1.82) is 0 Å². The van der Waals surface area contributed by atoms with Crippen LogP contribution >= 0.6 is 0 Å². The van der Waals surface area contributed by atoms with Crippen molar-refractivity contribution in [3.05, 3.63) is 36.4 Å². The zero-order valence-electron chi connectivity index (χ0n) is 14.1. The molecule has 1 aromatic rings. The third-order valence-corrected chi connectivity index (χ3v) is 4.01. The minimum Gasteiger partial charge on any atom is -0.487 e. The molecule has 2 N–H and O–H groups in total. The van der Waals surface area contributed by atoms with Gasteiger partial charge in [0, 0.05) is 12.6 Å². The summed E-state index contributed by atoms with van der Waals surface area (Å²) in [6.45, 7) is 11.2. The van der Waals surface area contributed by atoms with Gasteiger partial charge in [-0.3, -0.25) is 4.90 Å². The van der Waals surface area contributed by atoms with Crippen LogP contribution in [0.25, 0.3) is 0 Å². The molecule has 2 rings (SSSR count). The first-order valence-electron chi connectivity index (χ1n) is 8.25. The summed E-state index contributed by atoms with van der Waals surface area (Å²) in [6, 6.07) is 7.68. The van der Waals surface area contributed by atoms with Gasteiger partial charge in [0.25, 0.3) is 0 Å².